The van der Waals surface area contributed by atoms with E-state index in [-0.39, 0.29) is 54.9 Å². The summed E-state index contributed by atoms with van der Waals surface area (Å²) in [5.41, 5.74) is 0. The molecule has 0 aliphatic rings. The van der Waals surface area contributed by atoms with Crippen LogP contribution in [0.25, 0.3) is 0 Å². The van der Waals surface area contributed by atoms with E-state index in [1.807, 2.05) is 27.7 Å². The first-order chi connectivity index (χ1) is 20.6. The van der Waals surface area contributed by atoms with Crippen LogP contribution in [-0.2, 0) is 28.7 Å². The molecule has 2 atom stereocenters. The Labute approximate surface area is 260 Å². The number of carbonyl (C=O) groups is 5. The van der Waals surface area contributed by atoms with Crippen molar-refractivity contribution in [1.82, 2.24) is 16.0 Å². The Balaban J connectivity index is 3.92. The van der Waals surface area contributed by atoms with Gasteiger partial charge in [0.25, 0.3) is 6.47 Å². The lowest BCUT2D eigenvalue weighted by molar-refractivity contribution is -0.140. The van der Waals surface area contributed by atoms with Crippen LogP contribution in [0.5, 0.6) is 0 Å². The summed E-state index contributed by atoms with van der Waals surface area (Å²) in [7, 11) is 0. The molecule has 0 aliphatic carbocycles. The highest BCUT2D eigenvalue weighted by Crippen LogP contribution is 2.13. The molecule has 0 bridgehead atoms. The van der Waals surface area contributed by atoms with E-state index in [0.717, 1.165) is 64.2 Å². The third kappa shape index (κ3) is 25.7. The quantitative estimate of drug-likeness (QED) is 0.0452. The summed E-state index contributed by atoms with van der Waals surface area (Å²) in [5, 5.41) is 17.5. The predicted molar refractivity (Wildman–Crippen MR) is 169 cm³/mol. The molecule has 0 spiro atoms. The molecule has 10 nitrogen and oxygen atoms in total. The second kappa shape index (κ2) is 27.1. The molecular formula is C33H61N3O7. The lowest BCUT2D eigenvalue weighted by atomic mass is 9.96. The van der Waals surface area contributed by atoms with Crippen LogP contribution in [0.15, 0.2) is 0 Å². The highest BCUT2D eigenvalue weighted by Gasteiger charge is 2.21. The van der Waals surface area contributed by atoms with Crippen LogP contribution in [0.3, 0.4) is 0 Å². The number of nitrogens with one attached hydrogen (secondary N) is 3. The molecule has 0 radical (unpaired) electrons. The highest BCUT2D eigenvalue weighted by atomic mass is 16.5. The zero-order valence-electron chi connectivity index (χ0n) is 27.4. The largest absolute Gasteiger partial charge is 0.481 e. The maximum absolute atomic E-state index is 12.4. The van der Waals surface area contributed by atoms with Crippen molar-refractivity contribution in [2.75, 3.05) is 6.54 Å². The van der Waals surface area contributed by atoms with Crippen LogP contribution in [0, 0.1) is 5.92 Å². The van der Waals surface area contributed by atoms with Gasteiger partial charge in [0.15, 0.2) is 12.0 Å². The summed E-state index contributed by atoms with van der Waals surface area (Å²) in [6, 6.07) is 0.0540. The van der Waals surface area contributed by atoms with Crippen LogP contribution in [-0.4, -0.2) is 60.0 Å². The van der Waals surface area contributed by atoms with Crippen molar-refractivity contribution in [2.24, 2.45) is 5.92 Å². The molecule has 0 aromatic heterocycles. The second-order valence-corrected chi connectivity index (χ2v) is 12.2. The number of carbonyl (C=O) groups excluding carboxylic acids is 4. The third-order valence-electron chi connectivity index (χ3n) is 7.41. The number of carboxylic acid groups (broad SMARTS) is 1. The van der Waals surface area contributed by atoms with Crippen molar-refractivity contribution in [2.45, 2.75) is 168 Å². The van der Waals surface area contributed by atoms with E-state index in [2.05, 4.69) is 16.0 Å². The number of Topliss-reactive ketones (excluding diaryl/α,β-unsaturated/α-hetero) is 1. The molecule has 2 amide bonds. The lowest BCUT2D eigenvalue weighted by Gasteiger charge is -2.22. The molecule has 0 aromatic carbocycles. The Morgan fingerprint density at radius 2 is 1.21 bits per heavy atom. The van der Waals surface area contributed by atoms with E-state index in [9.17, 15) is 24.0 Å². The monoisotopic (exact) mass is 611 g/mol. The number of aliphatic carboxylic acids is 1. The lowest BCUT2D eigenvalue weighted by Crippen LogP contribution is -2.42. The Bertz CT molecular complexity index is 774. The molecule has 4 N–H and O–H groups in total. The van der Waals surface area contributed by atoms with Gasteiger partial charge in [-0.3, -0.25) is 24.0 Å². The van der Waals surface area contributed by atoms with Gasteiger partial charge in [-0.15, -0.1) is 0 Å². The third-order valence-corrected chi connectivity index (χ3v) is 7.41. The summed E-state index contributed by atoms with van der Waals surface area (Å²) in [6.07, 6.45) is 15.3. The Kier molecular flexibility index (Phi) is 25.5. The second-order valence-electron chi connectivity index (χ2n) is 12.2. The molecule has 0 aliphatic heterocycles. The van der Waals surface area contributed by atoms with E-state index in [1.54, 1.807) is 0 Å². The van der Waals surface area contributed by atoms with Crippen LogP contribution >= 0.6 is 0 Å². The number of hydrogen-bond donors (Lipinski definition) is 4. The summed E-state index contributed by atoms with van der Waals surface area (Å²) in [4.78, 5) is 58.3. The zero-order valence-corrected chi connectivity index (χ0v) is 27.4. The maximum atomic E-state index is 12.4. The average Bonchev–Trinajstić information content (AvgIpc) is 2.94. The predicted octanol–water partition coefficient (Wildman–Crippen LogP) is 5.81. The van der Waals surface area contributed by atoms with Crippen LogP contribution < -0.4 is 16.0 Å². The first kappa shape index (κ1) is 40.5. The van der Waals surface area contributed by atoms with Gasteiger partial charge in [-0.25, -0.2) is 0 Å². The number of rotatable bonds is 30. The van der Waals surface area contributed by atoms with E-state index in [0.29, 0.717) is 19.4 Å². The first-order valence-corrected chi connectivity index (χ1v) is 16.7. The molecule has 0 rings (SSSR count). The average molecular weight is 612 g/mol. The zero-order chi connectivity index (χ0) is 32.3. The highest BCUT2D eigenvalue weighted by molar-refractivity contribution is 5.85. The molecule has 250 valence electrons. The Morgan fingerprint density at radius 1 is 0.674 bits per heavy atom. The minimum absolute atomic E-state index is 0.0228. The molecule has 0 heterocycles. The smallest absolute Gasteiger partial charge is 0.303 e. The van der Waals surface area contributed by atoms with Crippen molar-refractivity contribution in [1.29, 1.82) is 0 Å². The fraction of sp³-hybridized carbons (Fsp3) is 0.848. The molecule has 0 unspecified atom stereocenters. The fourth-order valence-corrected chi connectivity index (χ4v) is 4.99. The van der Waals surface area contributed by atoms with Gasteiger partial charge in [0, 0.05) is 44.2 Å². The normalized spacial score (nSPS) is 12.6. The van der Waals surface area contributed by atoms with Crippen molar-refractivity contribution >= 4 is 30.0 Å². The molecule has 43 heavy (non-hydrogen) atoms. The number of ketones is 1. The summed E-state index contributed by atoms with van der Waals surface area (Å²) in [6.45, 7) is 8.66. The van der Waals surface area contributed by atoms with Gasteiger partial charge in [0.05, 0.1) is 6.04 Å². The SMILES string of the molecule is CC(C)N[C@@H](CCCCNC(=O)CC[C@H](NC(=O)CCCCCCCCCCCCCCC(=O)O)OC=O)C(=O)C(C)C. The maximum Gasteiger partial charge on any atom is 0.303 e. The molecule has 0 fully saturated rings. The number of ether oxygens (including phenoxy) is 1. The number of hydrogen-bond acceptors (Lipinski definition) is 7. The van der Waals surface area contributed by atoms with Gasteiger partial charge < -0.3 is 25.8 Å². The Hall–Kier alpha value is -2.49. The van der Waals surface area contributed by atoms with E-state index < -0.39 is 12.2 Å². The van der Waals surface area contributed by atoms with Gasteiger partial charge in [-0.1, -0.05) is 91.9 Å². The van der Waals surface area contributed by atoms with Crippen LogP contribution in [0.4, 0.5) is 0 Å². The first-order valence-electron chi connectivity index (χ1n) is 16.7. The molecule has 0 saturated carbocycles. The van der Waals surface area contributed by atoms with Crippen LogP contribution in [0.1, 0.15) is 150 Å². The van der Waals surface area contributed by atoms with E-state index in [4.69, 9.17) is 9.84 Å². The number of amides is 2. The number of unbranched alkanes of at least 4 members (excludes halogenated alkanes) is 12. The van der Waals surface area contributed by atoms with Crippen molar-refractivity contribution in [3.63, 3.8) is 0 Å². The van der Waals surface area contributed by atoms with Crippen molar-refractivity contribution in [3.8, 4) is 0 Å². The van der Waals surface area contributed by atoms with Gasteiger partial charge in [0.1, 0.15) is 0 Å². The molecule has 10 heteroatoms. The molecule has 0 saturated heterocycles. The topological polar surface area (TPSA) is 151 Å². The van der Waals surface area contributed by atoms with Crippen LogP contribution in [0.2, 0.25) is 0 Å². The minimum Gasteiger partial charge on any atom is -0.481 e. The summed E-state index contributed by atoms with van der Waals surface area (Å²) in [5.74, 6) is -0.873. The minimum atomic E-state index is -0.821. The van der Waals surface area contributed by atoms with Gasteiger partial charge in [-0.05, 0) is 32.1 Å². The molecular weight excluding hydrogens is 550 g/mol. The van der Waals surface area contributed by atoms with Gasteiger partial charge in [0.2, 0.25) is 11.8 Å². The van der Waals surface area contributed by atoms with E-state index >= 15 is 0 Å². The van der Waals surface area contributed by atoms with E-state index in [1.165, 1.54) is 32.1 Å². The van der Waals surface area contributed by atoms with Crippen molar-refractivity contribution in [3.05, 3.63) is 0 Å². The van der Waals surface area contributed by atoms with Crippen molar-refractivity contribution < 1.29 is 33.8 Å². The Morgan fingerprint density at radius 3 is 1.70 bits per heavy atom. The summed E-state index contributed by atoms with van der Waals surface area (Å²) >= 11 is 0. The van der Waals surface area contributed by atoms with Gasteiger partial charge in [-0.2, -0.15) is 0 Å². The summed E-state index contributed by atoms with van der Waals surface area (Å²) < 4.78 is 4.98. The molecule has 0 aromatic rings. The standard InChI is InChI=1S/C33H61N3O7/c1-26(2)33(42)28(35-27(3)4)19-17-18-24-34-29(38)22-23-31(43-25-37)36-30(39)20-15-13-11-9-7-5-6-8-10-12-14-16-21-32(40)41/h25-28,31,35H,5-24H2,1-4H3,(H,34,38)(H,36,39)(H,40,41)/t28-,31+/m0/s1. The fourth-order valence-electron chi connectivity index (χ4n) is 4.99. The van der Waals surface area contributed by atoms with Gasteiger partial charge >= 0.3 is 5.97 Å². The number of carboxylic acids is 1.